The maximum atomic E-state index is 12.0. The summed E-state index contributed by atoms with van der Waals surface area (Å²) in [5.74, 6) is -2.02. The van der Waals surface area contributed by atoms with E-state index in [0.29, 0.717) is 11.3 Å². The van der Waals surface area contributed by atoms with Crippen molar-refractivity contribution in [2.75, 3.05) is 7.05 Å². The summed E-state index contributed by atoms with van der Waals surface area (Å²) in [5.41, 5.74) is 0.705. The van der Waals surface area contributed by atoms with Crippen molar-refractivity contribution in [1.82, 2.24) is 4.90 Å². The summed E-state index contributed by atoms with van der Waals surface area (Å²) in [4.78, 5) is 47.2. The zero-order chi connectivity index (χ0) is 18.1. The van der Waals surface area contributed by atoms with E-state index in [4.69, 9.17) is 9.52 Å². The predicted molar refractivity (Wildman–Crippen MR) is 86.5 cm³/mol. The molecule has 1 aliphatic rings. The monoisotopic (exact) mass is 339 g/mol. The van der Waals surface area contributed by atoms with Gasteiger partial charge in [-0.25, -0.2) is 4.79 Å². The van der Waals surface area contributed by atoms with E-state index >= 15 is 0 Å². The number of piperidine rings is 1. The minimum absolute atomic E-state index is 0.107. The summed E-state index contributed by atoms with van der Waals surface area (Å²) in [5, 5.41) is 8.90. The number of hydrogen-bond acceptors (Lipinski definition) is 5. The number of likely N-dealkylation sites (tertiary alicyclic amines) is 1. The highest BCUT2D eigenvalue weighted by atomic mass is 16.4. The Morgan fingerprint density at radius 3 is 2.44 bits per heavy atom. The second-order valence-electron chi connectivity index (χ2n) is 5.50. The third-order valence-electron chi connectivity index (χ3n) is 3.85. The molecule has 1 N–H and O–H groups in total. The number of amides is 2. The van der Waals surface area contributed by atoms with Gasteiger partial charge >= 0.3 is 5.97 Å². The summed E-state index contributed by atoms with van der Waals surface area (Å²) >= 11 is 0. The predicted octanol–water partition coefficient (Wildman–Crippen LogP) is 1.99. The van der Waals surface area contributed by atoms with Crippen LogP contribution >= 0.6 is 0 Å². The number of ketones is 1. The fourth-order valence-electron chi connectivity index (χ4n) is 2.41. The number of hydrogen-bond donors (Lipinski definition) is 1. The van der Waals surface area contributed by atoms with Gasteiger partial charge in [-0.15, -0.1) is 0 Å². The third-order valence-corrected chi connectivity index (χ3v) is 3.85. The molecule has 0 saturated carbocycles. The van der Waals surface area contributed by atoms with Gasteiger partial charge in [-0.2, -0.15) is 0 Å². The Hall–Kier alpha value is -3.48. The number of rotatable bonds is 3. The smallest absolute Gasteiger partial charge is 0.335 e. The van der Waals surface area contributed by atoms with Gasteiger partial charge in [0.05, 0.1) is 17.6 Å². The van der Waals surface area contributed by atoms with E-state index in [0.717, 1.165) is 4.90 Å². The Morgan fingerprint density at radius 1 is 1.12 bits per heavy atom. The molecule has 0 atom stereocenters. The van der Waals surface area contributed by atoms with Gasteiger partial charge in [0.2, 0.25) is 5.91 Å². The fraction of sp³-hybridized carbons (Fsp3) is 0.111. The number of aromatic carboxylic acids is 1. The second-order valence-corrected chi connectivity index (χ2v) is 5.50. The molecule has 25 heavy (non-hydrogen) atoms. The van der Waals surface area contributed by atoms with Gasteiger partial charge in [0.1, 0.15) is 11.5 Å². The molecule has 1 aromatic carbocycles. The lowest BCUT2D eigenvalue weighted by molar-refractivity contribution is -0.145. The molecule has 2 heterocycles. The molecular formula is C18H13NO6. The summed E-state index contributed by atoms with van der Waals surface area (Å²) < 4.78 is 5.60. The molecule has 0 aliphatic carbocycles. The Kier molecular flexibility index (Phi) is 4.06. The van der Waals surface area contributed by atoms with E-state index in [-0.39, 0.29) is 23.3 Å². The molecule has 0 unspecified atom stereocenters. The number of carboxylic acids is 1. The van der Waals surface area contributed by atoms with Crippen LogP contribution in [-0.4, -0.2) is 40.6 Å². The second kappa shape index (κ2) is 6.20. The molecule has 2 amide bonds. The van der Waals surface area contributed by atoms with E-state index in [1.54, 1.807) is 24.3 Å². The first-order valence-electron chi connectivity index (χ1n) is 7.36. The van der Waals surface area contributed by atoms with Crippen LogP contribution in [0.25, 0.3) is 17.4 Å². The minimum atomic E-state index is -1.02. The van der Waals surface area contributed by atoms with Crippen LogP contribution in [0.5, 0.6) is 0 Å². The van der Waals surface area contributed by atoms with Crippen LogP contribution in [0.15, 0.2) is 46.4 Å². The maximum Gasteiger partial charge on any atom is 0.335 e. The number of carboxylic acid groups (broad SMARTS) is 1. The van der Waals surface area contributed by atoms with E-state index in [2.05, 4.69) is 0 Å². The van der Waals surface area contributed by atoms with Gasteiger partial charge in [0.25, 0.3) is 5.91 Å². The Balaban J connectivity index is 1.88. The zero-order valence-corrected chi connectivity index (χ0v) is 13.2. The molecule has 7 nitrogen and oxygen atoms in total. The molecular weight excluding hydrogens is 326 g/mol. The summed E-state index contributed by atoms with van der Waals surface area (Å²) in [6.45, 7) is 0. The first-order valence-corrected chi connectivity index (χ1v) is 7.36. The Labute approximate surface area is 142 Å². The Morgan fingerprint density at radius 2 is 1.80 bits per heavy atom. The van der Waals surface area contributed by atoms with Crippen LogP contribution in [0.4, 0.5) is 0 Å². The quantitative estimate of drug-likeness (QED) is 0.397. The molecule has 1 aromatic heterocycles. The largest absolute Gasteiger partial charge is 0.478 e. The topological polar surface area (TPSA) is 105 Å². The van der Waals surface area contributed by atoms with Gasteiger partial charge in [-0.3, -0.25) is 19.3 Å². The van der Waals surface area contributed by atoms with Crippen LogP contribution in [0, 0.1) is 0 Å². The standard InChI is InChI=1S/C18H13NO6/c1-19-16(21)9-14(20)13(17(19)22)8-12-6-7-15(25-12)10-2-4-11(5-3-10)18(23)24/h2-8H,9H2,1H3,(H,23,24)/b13-8-. The SMILES string of the molecule is CN1C(=O)CC(=O)/C(=C/c2ccc(-c3ccc(C(=O)O)cc3)o2)C1=O. The van der Waals surface area contributed by atoms with Crippen molar-refractivity contribution in [2.24, 2.45) is 0 Å². The summed E-state index contributed by atoms with van der Waals surface area (Å²) in [6, 6.07) is 9.34. The number of benzene rings is 1. The average Bonchev–Trinajstić information content (AvgIpc) is 3.05. The van der Waals surface area contributed by atoms with Crippen molar-refractivity contribution in [2.45, 2.75) is 6.42 Å². The van der Waals surface area contributed by atoms with Crippen molar-refractivity contribution >= 4 is 29.6 Å². The van der Waals surface area contributed by atoms with Crippen LogP contribution in [0.1, 0.15) is 22.5 Å². The van der Waals surface area contributed by atoms with Crippen molar-refractivity contribution in [3.05, 3.63) is 53.3 Å². The van der Waals surface area contributed by atoms with Gasteiger partial charge in [-0.05, 0) is 30.3 Å². The van der Waals surface area contributed by atoms with Gasteiger partial charge in [0, 0.05) is 12.6 Å². The molecule has 1 fully saturated rings. The van der Waals surface area contributed by atoms with E-state index in [1.165, 1.54) is 25.3 Å². The number of carbonyl (C=O) groups excluding carboxylic acids is 3. The van der Waals surface area contributed by atoms with Crippen molar-refractivity contribution < 1.29 is 28.7 Å². The molecule has 0 bridgehead atoms. The van der Waals surface area contributed by atoms with Gasteiger partial charge in [-0.1, -0.05) is 12.1 Å². The highest BCUT2D eigenvalue weighted by Gasteiger charge is 2.33. The fourth-order valence-corrected chi connectivity index (χ4v) is 2.41. The molecule has 1 aliphatic heterocycles. The molecule has 7 heteroatoms. The Bertz CT molecular complexity index is 919. The van der Waals surface area contributed by atoms with Gasteiger partial charge in [0.15, 0.2) is 5.78 Å². The number of furan rings is 1. The number of carbonyl (C=O) groups is 4. The van der Waals surface area contributed by atoms with Crippen molar-refractivity contribution in [1.29, 1.82) is 0 Å². The third kappa shape index (κ3) is 3.12. The van der Waals surface area contributed by atoms with Crippen LogP contribution < -0.4 is 0 Å². The van der Waals surface area contributed by atoms with E-state index in [9.17, 15) is 19.2 Å². The molecule has 1 saturated heterocycles. The number of imide groups is 1. The highest BCUT2D eigenvalue weighted by Crippen LogP contribution is 2.25. The molecule has 3 rings (SSSR count). The first kappa shape index (κ1) is 16.4. The van der Waals surface area contributed by atoms with E-state index in [1.807, 2.05) is 0 Å². The lowest BCUT2D eigenvalue weighted by Gasteiger charge is -2.21. The minimum Gasteiger partial charge on any atom is -0.478 e. The maximum absolute atomic E-state index is 12.0. The molecule has 0 radical (unpaired) electrons. The lowest BCUT2D eigenvalue weighted by Crippen LogP contribution is -2.42. The molecule has 0 spiro atoms. The number of nitrogens with zero attached hydrogens (tertiary/aromatic N) is 1. The number of likely N-dealkylation sites (N-methyl/N-ethyl adjacent to an activating group) is 1. The van der Waals surface area contributed by atoms with Crippen LogP contribution in [0.3, 0.4) is 0 Å². The van der Waals surface area contributed by atoms with E-state index < -0.39 is 23.6 Å². The summed E-state index contributed by atoms with van der Waals surface area (Å²) in [6.07, 6.45) is 0.959. The van der Waals surface area contributed by atoms with Gasteiger partial charge < -0.3 is 9.52 Å². The first-order chi connectivity index (χ1) is 11.9. The lowest BCUT2D eigenvalue weighted by atomic mass is 10.0. The van der Waals surface area contributed by atoms with Crippen molar-refractivity contribution in [3.8, 4) is 11.3 Å². The zero-order valence-electron chi connectivity index (χ0n) is 13.2. The average molecular weight is 339 g/mol. The summed E-state index contributed by atoms with van der Waals surface area (Å²) in [7, 11) is 1.32. The molecule has 2 aromatic rings. The number of Topliss-reactive ketones (excluding diaryl/α,β-unsaturated/α-hetero) is 1. The normalized spacial score (nSPS) is 16.6. The highest BCUT2D eigenvalue weighted by molar-refractivity contribution is 6.32. The van der Waals surface area contributed by atoms with Crippen LogP contribution in [-0.2, 0) is 14.4 Å². The van der Waals surface area contributed by atoms with Crippen molar-refractivity contribution in [3.63, 3.8) is 0 Å². The van der Waals surface area contributed by atoms with Crippen LogP contribution in [0.2, 0.25) is 0 Å². The molecule has 126 valence electrons.